The van der Waals surface area contributed by atoms with Crippen LogP contribution in [0.1, 0.15) is 34.7 Å². The predicted molar refractivity (Wildman–Crippen MR) is 120 cm³/mol. The third-order valence-electron chi connectivity index (χ3n) is 5.92. The lowest BCUT2D eigenvalue weighted by Gasteiger charge is -2.25. The Morgan fingerprint density at radius 2 is 1.85 bits per heavy atom. The largest absolute Gasteiger partial charge is 0.507 e. The van der Waals surface area contributed by atoms with Gasteiger partial charge in [0.05, 0.1) is 29.9 Å². The molecule has 2 aromatic carbocycles. The van der Waals surface area contributed by atoms with Gasteiger partial charge in [0.15, 0.2) is 0 Å². The highest BCUT2D eigenvalue weighted by molar-refractivity contribution is 6.51. The number of benzene rings is 2. The highest BCUT2D eigenvalue weighted by atomic mass is 16.5. The third kappa shape index (κ3) is 3.52. The molecule has 1 aromatic heterocycles. The molecule has 7 nitrogen and oxygen atoms in total. The Morgan fingerprint density at radius 3 is 2.58 bits per heavy atom. The van der Waals surface area contributed by atoms with Crippen LogP contribution in [0.2, 0.25) is 0 Å². The zero-order chi connectivity index (χ0) is 22.9. The van der Waals surface area contributed by atoms with E-state index in [1.807, 2.05) is 12.1 Å². The minimum atomic E-state index is -0.840. The number of aliphatic hydroxyl groups is 1. The number of pyridine rings is 1. The van der Waals surface area contributed by atoms with Gasteiger partial charge in [-0.2, -0.15) is 5.26 Å². The number of aromatic nitrogens is 1. The van der Waals surface area contributed by atoms with E-state index >= 15 is 0 Å². The Kier molecular flexibility index (Phi) is 5.11. The van der Waals surface area contributed by atoms with Crippen LogP contribution in [-0.4, -0.2) is 28.4 Å². The first-order chi connectivity index (χ1) is 16.1. The normalized spacial score (nSPS) is 19.0. The van der Waals surface area contributed by atoms with Crippen LogP contribution >= 0.6 is 0 Å². The van der Waals surface area contributed by atoms with E-state index in [9.17, 15) is 14.7 Å². The van der Waals surface area contributed by atoms with Crippen molar-refractivity contribution in [3.05, 3.63) is 94.8 Å². The number of aryl methyl sites for hydroxylation is 1. The number of Topliss-reactive ketones (excluding diaryl/α,β-unsaturated/α-hetero) is 1. The number of hydrogen-bond acceptors (Lipinski definition) is 6. The molecule has 0 saturated carbocycles. The van der Waals surface area contributed by atoms with Gasteiger partial charge in [0.25, 0.3) is 11.7 Å². The molecule has 1 saturated heterocycles. The molecular formula is C26H19N3O4. The minimum absolute atomic E-state index is 0.00670. The highest BCUT2D eigenvalue weighted by Gasteiger charge is 2.47. The fourth-order valence-corrected chi connectivity index (χ4v) is 4.32. The number of carbonyl (C=O) groups excluding carboxylic acids is 2. The third-order valence-corrected chi connectivity index (χ3v) is 5.92. The Bertz CT molecular complexity index is 1320. The first-order valence-corrected chi connectivity index (χ1v) is 10.6. The van der Waals surface area contributed by atoms with Crippen molar-refractivity contribution in [1.29, 1.82) is 5.26 Å². The van der Waals surface area contributed by atoms with Crippen LogP contribution in [0.5, 0.6) is 5.75 Å². The first kappa shape index (κ1) is 20.5. The van der Waals surface area contributed by atoms with E-state index in [0.29, 0.717) is 29.0 Å². The summed E-state index contributed by atoms with van der Waals surface area (Å²) >= 11 is 0. The SMILES string of the molecule is N#Cc1ccc(N2C(=O)C(=O)/C(=C(\O)c3ccc4c(c3)CCCO4)C2c2ccncc2)cc1. The van der Waals surface area contributed by atoms with Crippen molar-refractivity contribution in [2.24, 2.45) is 0 Å². The average Bonchev–Trinajstić information content (AvgIpc) is 3.14. The molecule has 5 rings (SSSR count). The van der Waals surface area contributed by atoms with Crippen LogP contribution in [0.15, 0.2) is 72.6 Å². The Labute approximate surface area is 190 Å². The highest BCUT2D eigenvalue weighted by Crippen LogP contribution is 2.42. The molecule has 0 radical (unpaired) electrons. The average molecular weight is 437 g/mol. The monoisotopic (exact) mass is 437 g/mol. The van der Waals surface area contributed by atoms with Gasteiger partial charge in [0.1, 0.15) is 11.5 Å². The zero-order valence-electron chi connectivity index (χ0n) is 17.6. The molecule has 1 fully saturated rings. The van der Waals surface area contributed by atoms with Crippen LogP contribution in [0.4, 0.5) is 5.69 Å². The summed E-state index contributed by atoms with van der Waals surface area (Å²) in [6, 6.07) is 16.3. The molecule has 0 bridgehead atoms. The summed E-state index contributed by atoms with van der Waals surface area (Å²) in [5, 5.41) is 20.4. The topological polar surface area (TPSA) is 104 Å². The van der Waals surface area contributed by atoms with E-state index in [1.165, 1.54) is 4.90 Å². The van der Waals surface area contributed by atoms with E-state index in [1.54, 1.807) is 60.9 Å². The molecule has 1 unspecified atom stereocenters. The summed E-state index contributed by atoms with van der Waals surface area (Å²) in [6.07, 6.45) is 4.83. The van der Waals surface area contributed by atoms with Crippen LogP contribution < -0.4 is 9.64 Å². The molecular weight excluding hydrogens is 418 g/mol. The summed E-state index contributed by atoms with van der Waals surface area (Å²) in [4.78, 5) is 31.7. The smallest absolute Gasteiger partial charge is 0.300 e. The standard InChI is InChI=1S/C26H19N3O4/c27-15-16-3-6-20(7-4-16)29-23(17-9-11-28-12-10-17)22(25(31)26(29)32)24(30)19-5-8-21-18(14-19)2-1-13-33-21/h3-12,14,23,30H,1-2,13H2/b24-22-. The van der Waals surface area contributed by atoms with Crippen molar-refractivity contribution < 1.29 is 19.4 Å². The molecule has 0 aliphatic carbocycles. The number of aliphatic hydroxyl groups excluding tert-OH is 1. The molecule has 3 heterocycles. The number of anilines is 1. The number of carbonyl (C=O) groups is 2. The molecule has 7 heteroatoms. The summed E-state index contributed by atoms with van der Waals surface area (Å²) in [5.41, 5.74) is 2.94. The molecule has 1 N–H and O–H groups in total. The van der Waals surface area contributed by atoms with Crippen molar-refractivity contribution >= 4 is 23.1 Å². The van der Waals surface area contributed by atoms with Crippen molar-refractivity contribution in [3.63, 3.8) is 0 Å². The number of ketones is 1. The molecule has 1 atom stereocenters. The molecule has 3 aromatic rings. The van der Waals surface area contributed by atoms with E-state index in [0.717, 1.165) is 24.2 Å². The van der Waals surface area contributed by atoms with E-state index < -0.39 is 17.7 Å². The lowest BCUT2D eigenvalue weighted by atomic mass is 9.94. The number of amides is 1. The predicted octanol–water partition coefficient (Wildman–Crippen LogP) is 3.90. The van der Waals surface area contributed by atoms with Crippen molar-refractivity contribution in [1.82, 2.24) is 4.98 Å². The van der Waals surface area contributed by atoms with Crippen LogP contribution in [0.3, 0.4) is 0 Å². The quantitative estimate of drug-likeness (QED) is 0.379. The fraction of sp³-hybridized carbons (Fsp3) is 0.154. The van der Waals surface area contributed by atoms with Gasteiger partial charge in [0, 0.05) is 23.6 Å². The van der Waals surface area contributed by atoms with Gasteiger partial charge in [-0.1, -0.05) is 0 Å². The van der Waals surface area contributed by atoms with Crippen LogP contribution in [0.25, 0.3) is 5.76 Å². The molecule has 162 valence electrons. The van der Waals surface area contributed by atoms with E-state index in [-0.39, 0.29) is 11.3 Å². The molecule has 2 aliphatic rings. The summed E-state index contributed by atoms with van der Waals surface area (Å²) < 4.78 is 5.65. The second-order valence-electron chi connectivity index (χ2n) is 7.88. The van der Waals surface area contributed by atoms with Gasteiger partial charge in [-0.05, 0) is 78.6 Å². The van der Waals surface area contributed by atoms with Gasteiger partial charge in [-0.25, -0.2) is 0 Å². The van der Waals surface area contributed by atoms with Gasteiger partial charge in [-0.15, -0.1) is 0 Å². The lowest BCUT2D eigenvalue weighted by molar-refractivity contribution is -0.132. The number of hydrogen-bond donors (Lipinski definition) is 1. The van der Waals surface area contributed by atoms with E-state index in [4.69, 9.17) is 10.00 Å². The number of nitriles is 1. The van der Waals surface area contributed by atoms with Crippen LogP contribution in [-0.2, 0) is 16.0 Å². The van der Waals surface area contributed by atoms with Crippen molar-refractivity contribution in [2.45, 2.75) is 18.9 Å². The molecule has 1 amide bonds. The maximum atomic E-state index is 13.2. The maximum Gasteiger partial charge on any atom is 0.300 e. The number of ether oxygens (including phenoxy) is 1. The Balaban J connectivity index is 1.67. The van der Waals surface area contributed by atoms with Gasteiger partial charge < -0.3 is 9.84 Å². The molecule has 2 aliphatic heterocycles. The van der Waals surface area contributed by atoms with Crippen LogP contribution in [0, 0.1) is 11.3 Å². The maximum absolute atomic E-state index is 13.2. The Hall–Kier alpha value is -4.44. The Morgan fingerprint density at radius 1 is 1.09 bits per heavy atom. The summed E-state index contributed by atoms with van der Waals surface area (Å²) in [5.74, 6) is -0.988. The van der Waals surface area contributed by atoms with E-state index in [2.05, 4.69) is 4.98 Å². The number of rotatable bonds is 3. The lowest BCUT2D eigenvalue weighted by Crippen LogP contribution is -2.29. The second kappa shape index (κ2) is 8.24. The number of nitrogens with zero attached hydrogens (tertiary/aromatic N) is 3. The van der Waals surface area contributed by atoms with Gasteiger partial charge >= 0.3 is 0 Å². The van der Waals surface area contributed by atoms with Crippen molar-refractivity contribution in [2.75, 3.05) is 11.5 Å². The van der Waals surface area contributed by atoms with Gasteiger partial charge in [-0.3, -0.25) is 19.5 Å². The second-order valence-corrected chi connectivity index (χ2v) is 7.88. The molecule has 0 spiro atoms. The zero-order valence-corrected chi connectivity index (χ0v) is 17.6. The minimum Gasteiger partial charge on any atom is -0.507 e. The fourth-order valence-electron chi connectivity index (χ4n) is 4.32. The van der Waals surface area contributed by atoms with Crippen molar-refractivity contribution in [3.8, 4) is 11.8 Å². The first-order valence-electron chi connectivity index (χ1n) is 10.6. The molecule has 33 heavy (non-hydrogen) atoms. The summed E-state index contributed by atoms with van der Waals surface area (Å²) in [7, 11) is 0. The number of fused-ring (bicyclic) bond motifs is 1. The summed E-state index contributed by atoms with van der Waals surface area (Å²) in [6.45, 7) is 0.649. The van der Waals surface area contributed by atoms with Gasteiger partial charge in [0.2, 0.25) is 0 Å².